The minimum absolute atomic E-state index is 0.193. The molecule has 0 saturated carbocycles. The normalized spacial score (nSPS) is 18.6. The highest BCUT2D eigenvalue weighted by molar-refractivity contribution is 9.10. The molecule has 102 valence electrons. The molecule has 1 fully saturated rings. The Morgan fingerprint density at radius 1 is 1.47 bits per heavy atom. The molecule has 0 aromatic carbocycles. The van der Waals surface area contributed by atoms with Gasteiger partial charge in [-0.2, -0.15) is 4.98 Å². The number of aromatic nitrogens is 2. The molecule has 0 amide bonds. The van der Waals surface area contributed by atoms with Gasteiger partial charge in [0.05, 0.1) is 6.04 Å². The van der Waals surface area contributed by atoms with Gasteiger partial charge in [-0.15, -0.1) is 11.3 Å². The molecule has 1 atom stereocenters. The van der Waals surface area contributed by atoms with Crippen molar-refractivity contribution in [3.63, 3.8) is 0 Å². The summed E-state index contributed by atoms with van der Waals surface area (Å²) in [6, 6.07) is 2.18. The fraction of sp³-hybridized carbons (Fsp3) is 0.500. The molecule has 2 aromatic rings. The lowest BCUT2D eigenvalue weighted by molar-refractivity contribution is 0.176. The van der Waals surface area contributed by atoms with Crippen molar-refractivity contribution in [1.82, 2.24) is 20.4 Å². The van der Waals surface area contributed by atoms with Crippen molar-refractivity contribution in [2.24, 2.45) is 0 Å². The number of rotatable bonds is 3. The maximum absolute atomic E-state index is 5.38. The van der Waals surface area contributed by atoms with Crippen LogP contribution in [0.3, 0.4) is 0 Å². The van der Waals surface area contributed by atoms with E-state index in [9.17, 15) is 0 Å². The van der Waals surface area contributed by atoms with Crippen molar-refractivity contribution in [3.05, 3.63) is 21.7 Å². The summed E-state index contributed by atoms with van der Waals surface area (Å²) in [6.07, 6.45) is 0. The number of piperazine rings is 1. The summed E-state index contributed by atoms with van der Waals surface area (Å²) in [5.74, 6) is 1.36. The molecule has 1 N–H and O–H groups in total. The number of halogens is 1. The van der Waals surface area contributed by atoms with Gasteiger partial charge in [-0.1, -0.05) is 5.16 Å². The summed E-state index contributed by atoms with van der Waals surface area (Å²) < 4.78 is 6.38. The van der Waals surface area contributed by atoms with E-state index in [4.69, 9.17) is 4.52 Å². The first-order chi connectivity index (χ1) is 9.25. The van der Waals surface area contributed by atoms with Gasteiger partial charge in [0.1, 0.15) is 4.88 Å². The summed E-state index contributed by atoms with van der Waals surface area (Å²) in [4.78, 5) is 7.89. The van der Waals surface area contributed by atoms with Crippen molar-refractivity contribution < 1.29 is 4.52 Å². The maximum atomic E-state index is 5.38. The summed E-state index contributed by atoms with van der Waals surface area (Å²) in [7, 11) is 0. The first-order valence-electron chi connectivity index (χ1n) is 6.27. The Labute approximate surface area is 124 Å². The standard InChI is InChI=1S/C12H15BrN4OS/c1-8(17-5-3-14-4-6-17)11-15-12(18-16-11)10-9(13)2-7-19-10/h2,7-8,14H,3-6H2,1H3. The first kappa shape index (κ1) is 13.2. The van der Waals surface area contributed by atoms with Gasteiger partial charge in [0.2, 0.25) is 0 Å². The zero-order chi connectivity index (χ0) is 13.2. The first-order valence-corrected chi connectivity index (χ1v) is 7.94. The van der Waals surface area contributed by atoms with E-state index in [-0.39, 0.29) is 6.04 Å². The van der Waals surface area contributed by atoms with E-state index in [2.05, 4.69) is 43.2 Å². The topological polar surface area (TPSA) is 54.2 Å². The van der Waals surface area contributed by atoms with E-state index in [1.54, 1.807) is 11.3 Å². The third-order valence-electron chi connectivity index (χ3n) is 3.33. The second-order valence-corrected chi connectivity index (χ2v) is 6.29. The highest BCUT2D eigenvalue weighted by atomic mass is 79.9. The van der Waals surface area contributed by atoms with E-state index in [1.165, 1.54) is 0 Å². The smallest absolute Gasteiger partial charge is 0.269 e. The Balaban J connectivity index is 1.79. The van der Waals surface area contributed by atoms with Crippen LogP contribution in [0.5, 0.6) is 0 Å². The average Bonchev–Trinajstić information content (AvgIpc) is 3.07. The second kappa shape index (κ2) is 5.70. The fourth-order valence-corrected chi connectivity index (χ4v) is 3.64. The van der Waals surface area contributed by atoms with Gasteiger partial charge < -0.3 is 9.84 Å². The van der Waals surface area contributed by atoms with Crippen LogP contribution in [0.4, 0.5) is 0 Å². The van der Waals surface area contributed by atoms with Gasteiger partial charge in [0.15, 0.2) is 5.82 Å². The fourth-order valence-electron chi connectivity index (χ4n) is 2.18. The molecule has 1 aliphatic rings. The van der Waals surface area contributed by atoms with Crippen LogP contribution < -0.4 is 5.32 Å². The average molecular weight is 343 g/mol. The van der Waals surface area contributed by atoms with Gasteiger partial charge in [0.25, 0.3) is 5.89 Å². The van der Waals surface area contributed by atoms with Gasteiger partial charge in [-0.3, -0.25) is 4.90 Å². The van der Waals surface area contributed by atoms with Crippen molar-refractivity contribution in [2.45, 2.75) is 13.0 Å². The van der Waals surface area contributed by atoms with Crippen LogP contribution in [-0.2, 0) is 0 Å². The molecule has 1 unspecified atom stereocenters. The molecule has 5 nitrogen and oxygen atoms in total. The van der Waals surface area contributed by atoms with Gasteiger partial charge in [0, 0.05) is 30.7 Å². The third-order valence-corrected chi connectivity index (χ3v) is 5.15. The Bertz CT molecular complexity index is 549. The predicted molar refractivity (Wildman–Crippen MR) is 78.2 cm³/mol. The molecular formula is C12H15BrN4OS. The zero-order valence-corrected chi connectivity index (χ0v) is 13.0. The van der Waals surface area contributed by atoms with Gasteiger partial charge >= 0.3 is 0 Å². The van der Waals surface area contributed by atoms with E-state index in [1.807, 2.05) is 11.4 Å². The van der Waals surface area contributed by atoms with Crippen LogP contribution in [0.15, 0.2) is 20.4 Å². The monoisotopic (exact) mass is 342 g/mol. The van der Waals surface area contributed by atoms with Gasteiger partial charge in [-0.25, -0.2) is 0 Å². The number of nitrogens with zero attached hydrogens (tertiary/aromatic N) is 3. The molecule has 0 bridgehead atoms. The summed E-state index contributed by atoms with van der Waals surface area (Å²) in [5.41, 5.74) is 0. The van der Waals surface area contributed by atoms with Crippen molar-refractivity contribution >= 4 is 27.3 Å². The molecule has 7 heteroatoms. The Morgan fingerprint density at radius 3 is 2.95 bits per heavy atom. The minimum Gasteiger partial charge on any atom is -0.333 e. The molecule has 3 rings (SSSR count). The Hall–Kier alpha value is -0.760. The largest absolute Gasteiger partial charge is 0.333 e. The molecule has 1 aliphatic heterocycles. The lowest BCUT2D eigenvalue weighted by Crippen LogP contribution is -2.44. The Kier molecular flexibility index (Phi) is 3.97. The van der Waals surface area contributed by atoms with Crippen molar-refractivity contribution in [1.29, 1.82) is 0 Å². The van der Waals surface area contributed by atoms with Crippen molar-refractivity contribution in [3.8, 4) is 10.8 Å². The lowest BCUT2D eigenvalue weighted by atomic mass is 10.2. The maximum Gasteiger partial charge on any atom is 0.269 e. The molecule has 19 heavy (non-hydrogen) atoms. The highest BCUT2D eigenvalue weighted by Crippen LogP contribution is 2.33. The van der Waals surface area contributed by atoms with Gasteiger partial charge in [-0.05, 0) is 34.3 Å². The quantitative estimate of drug-likeness (QED) is 0.928. The third kappa shape index (κ3) is 2.74. The number of hydrogen-bond donors (Lipinski definition) is 1. The van der Waals surface area contributed by atoms with Crippen LogP contribution in [0, 0.1) is 0 Å². The number of thiophene rings is 1. The van der Waals surface area contributed by atoms with Crippen LogP contribution in [0.1, 0.15) is 18.8 Å². The SMILES string of the molecule is CC(c1noc(-c2sccc2Br)n1)N1CCNCC1. The zero-order valence-electron chi connectivity index (χ0n) is 10.6. The summed E-state index contributed by atoms with van der Waals surface area (Å²) >= 11 is 5.09. The molecule has 3 heterocycles. The predicted octanol–water partition coefficient (Wildman–Crippen LogP) is 2.53. The minimum atomic E-state index is 0.193. The molecule has 0 aliphatic carbocycles. The van der Waals surface area contributed by atoms with E-state index >= 15 is 0 Å². The van der Waals surface area contributed by atoms with E-state index in [0.29, 0.717) is 5.89 Å². The van der Waals surface area contributed by atoms with Crippen LogP contribution in [0.2, 0.25) is 0 Å². The molecule has 0 radical (unpaired) electrons. The Morgan fingerprint density at radius 2 is 2.26 bits per heavy atom. The van der Waals surface area contributed by atoms with Crippen LogP contribution in [0.25, 0.3) is 10.8 Å². The lowest BCUT2D eigenvalue weighted by Gasteiger charge is -2.30. The molecular weight excluding hydrogens is 328 g/mol. The highest BCUT2D eigenvalue weighted by Gasteiger charge is 2.23. The summed E-state index contributed by atoms with van der Waals surface area (Å²) in [5, 5.41) is 9.47. The van der Waals surface area contributed by atoms with E-state index in [0.717, 1.165) is 41.4 Å². The van der Waals surface area contributed by atoms with Crippen molar-refractivity contribution in [2.75, 3.05) is 26.2 Å². The molecule has 1 saturated heterocycles. The summed E-state index contributed by atoms with van der Waals surface area (Å²) in [6.45, 7) is 6.21. The number of nitrogens with one attached hydrogen (secondary N) is 1. The molecule has 2 aromatic heterocycles. The molecule has 0 spiro atoms. The van der Waals surface area contributed by atoms with E-state index < -0.39 is 0 Å². The van der Waals surface area contributed by atoms with Crippen LogP contribution >= 0.6 is 27.3 Å². The second-order valence-electron chi connectivity index (χ2n) is 4.52. The number of hydrogen-bond acceptors (Lipinski definition) is 6. The van der Waals surface area contributed by atoms with Crippen LogP contribution in [-0.4, -0.2) is 41.2 Å².